The predicted octanol–water partition coefficient (Wildman–Crippen LogP) is 3.63. The van der Waals surface area contributed by atoms with Gasteiger partial charge in [-0.15, -0.1) is 24.8 Å². The van der Waals surface area contributed by atoms with Gasteiger partial charge in [0.05, 0.1) is 0 Å². The van der Waals surface area contributed by atoms with E-state index in [-0.39, 0.29) is 30.7 Å². The predicted molar refractivity (Wildman–Crippen MR) is 104 cm³/mol. The molecular weight excluding hydrogens is 333 g/mol. The van der Waals surface area contributed by atoms with Crippen molar-refractivity contribution in [1.29, 1.82) is 0 Å². The number of benzene rings is 1. The Hall–Kier alpha value is -0.970. The summed E-state index contributed by atoms with van der Waals surface area (Å²) < 4.78 is 0. The minimum atomic E-state index is 0. The SMILES string of the molecule is CNCCCNC(=O)c1cccc(NC(C)C(C)C)c1C.Cl.Cl. The molecule has 0 fully saturated rings. The largest absolute Gasteiger partial charge is 0.382 e. The Kier molecular flexibility index (Phi) is 13.1. The first-order valence-corrected chi connectivity index (χ1v) is 7.76. The lowest BCUT2D eigenvalue weighted by molar-refractivity contribution is 0.0952. The molecule has 0 bridgehead atoms. The van der Waals surface area contributed by atoms with Gasteiger partial charge >= 0.3 is 0 Å². The number of nitrogens with one attached hydrogen (secondary N) is 3. The highest BCUT2D eigenvalue weighted by Gasteiger charge is 2.13. The van der Waals surface area contributed by atoms with E-state index in [0.717, 1.165) is 29.8 Å². The standard InChI is InChI=1S/C17H29N3O.2ClH/c1-12(2)14(4)20-16-9-6-8-15(13(16)3)17(21)19-11-7-10-18-5;;/h6,8-9,12,14,18,20H,7,10-11H2,1-5H3,(H,19,21);2*1H. The topological polar surface area (TPSA) is 53.2 Å². The van der Waals surface area contributed by atoms with Gasteiger partial charge in [-0.05, 0) is 57.5 Å². The Morgan fingerprint density at radius 2 is 1.78 bits per heavy atom. The summed E-state index contributed by atoms with van der Waals surface area (Å²) in [6.07, 6.45) is 0.934. The van der Waals surface area contributed by atoms with E-state index in [4.69, 9.17) is 0 Å². The third-order valence-corrected chi connectivity index (χ3v) is 3.85. The molecule has 23 heavy (non-hydrogen) atoms. The summed E-state index contributed by atoms with van der Waals surface area (Å²) in [5.74, 6) is 0.549. The number of hydrogen-bond acceptors (Lipinski definition) is 3. The highest BCUT2D eigenvalue weighted by molar-refractivity contribution is 5.97. The van der Waals surface area contributed by atoms with Gasteiger partial charge < -0.3 is 16.0 Å². The molecule has 0 radical (unpaired) electrons. The van der Waals surface area contributed by atoms with Crippen molar-refractivity contribution in [2.75, 3.05) is 25.5 Å². The van der Waals surface area contributed by atoms with Crippen molar-refractivity contribution in [1.82, 2.24) is 10.6 Å². The van der Waals surface area contributed by atoms with Gasteiger partial charge in [-0.25, -0.2) is 0 Å². The number of hydrogen-bond donors (Lipinski definition) is 3. The third-order valence-electron chi connectivity index (χ3n) is 3.85. The van der Waals surface area contributed by atoms with E-state index in [1.165, 1.54) is 0 Å². The number of amides is 1. The van der Waals surface area contributed by atoms with Gasteiger partial charge in [-0.2, -0.15) is 0 Å². The Morgan fingerprint density at radius 1 is 1.13 bits per heavy atom. The summed E-state index contributed by atoms with van der Waals surface area (Å²) in [6.45, 7) is 10.1. The fourth-order valence-corrected chi connectivity index (χ4v) is 2.01. The number of anilines is 1. The van der Waals surface area contributed by atoms with Gasteiger partial charge in [0.2, 0.25) is 0 Å². The van der Waals surface area contributed by atoms with Crippen LogP contribution in [0.25, 0.3) is 0 Å². The van der Waals surface area contributed by atoms with Gasteiger partial charge in [0.25, 0.3) is 5.91 Å². The van der Waals surface area contributed by atoms with E-state index in [2.05, 4.69) is 36.7 Å². The number of halogens is 2. The van der Waals surface area contributed by atoms with Crippen molar-refractivity contribution in [2.45, 2.75) is 40.2 Å². The van der Waals surface area contributed by atoms with Crippen LogP contribution in [0.15, 0.2) is 18.2 Å². The van der Waals surface area contributed by atoms with Gasteiger partial charge in [-0.1, -0.05) is 19.9 Å². The third kappa shape index (κ3) is 7.91. The van der Waals surface area contributed by atoms with Crippen molar-refractivity contribution in [2.24, 2.45) is 5.92 Å². The van der Waals surface area contributed by atoms with Crippen LogP contribution in [0.5, 0.6) is 0 Å². The molecule has 0 saturated heterocycles. The molecular formula is C17H31Cl2N3O. The van der Waals surface area contributed by atoms with Crippen LogP contribution in [0.1, 0.15) is 43.1 Å². The maximum atomic E-state index is 12.2. The first-order valence-electron chi connectivity index (χ1n) is 7.76. The minimum Gasteiger partial charge on any atom is -0.382 e. The first-order chi connectivity index (χ1) is 9.97. The van der Waals surface area contributed by atoms with Gasteiger partial charge in [0, 0.05) is 23.8 Å². The molecule has 0 aliphatic heterocycles. The van der Waals surface area contributed by atoms with E-state index < -0.39 is 0 Å². The molecule has 1 aromatic carbocycles. The Labute approximate surface area is 153 Å². The molecule has 0 heterocycles. The second kappa shape index (κ2) is 12.5. The van der Waals surface area contributed by atoms with Crippen molar-refractivity contribution in [3.8, 4) is 0 Å². The maximum Gasteiger partial charge on any atom is 0.251 e. The maximum absolute atomic E-state index is 12.2. The van der Waals surface area contributed by atoms with Gasteiger partial charge in [-0.3, -0.25) is 4.79 Å². The number of rotatable bonds is 8. The second-order valence-corrected chi connectivity index (χ2v) is 5.87. The molecule has 134 valence electrons. The zero-order chi connectivity index (χ0) is 15.8. The monoisotopic (exact) mass is 363 g/mol. The molecule has 0 spiro atoms. The van der Waals surface area contributed by atoms with E-state index in [0.29, 0.717) is 18.5 Å². The van der Waals surface area contributed by atoms with Crippen molar-refractivity contribution in [3.05, 3.63) is 29.3 Å². The summed E-state index contributed by atoms with van der Waals surface area (Å²) >= 11 is 0. The van der Waals surface area contributed by atoms with Crippen LogP contribution in [0.4, 0.5) is 5.69 Å². The van der Waals surface area contributed by atoms with Crippen LogP contribution in [0.2, 0.25) is 0 Å². The fourth-order valence-electron chi connectivity index (χ4n) is 2.01. The molecule has 1 aromatic rings. The Bertz CT molecular complexity index is 467. The lowest BCUT2D eigenvalue weighted by Gasteiger charge is -2.21. The van der Waals surface area contributed by atoms with Crippen LogP contribution in [-0.2, 0) is 0 Å². The summed E-state index contributed by atoms with van der Waals surface area (Å²) in [6, 6.07) is 6.22. The summed E-state index contributed by atoms with van der Waals surface area (Å²) in [5, 5.41) is 9.53. The van der Waals surface area contributed by atoms with Crippen LogP contribution in [0.3, 0.4) is 0 Å². The molecule has 1 rings (SSSR count). The Morgan fingerprint density at radius 3 is 2.35 bits per heavy atom. The summed E-state index contributed by atoms with van der Waals surface area (Å²) in [7, 11) is 1.91. The molecule has 1 unspecified atom stereocenters. The van der Waals surface area contributed by atoms with Crippen LogP contribution >= 0.6 is 24.8 Å². The smallest absolute Gasteiger partial charge is 0.251 e. The van der Waals surface area contributed by atoms with Crippen molar-refractivity contribution < 1.29 is 4.79 Å². The van der Waals surface area contributed by atoms with E-state index in [1.807, 2.05) is 32.2 Å². The molecule has 6 heteroatoms. The molecule has 1 atom stereocenters. The quantitative estimate of drug-likeness (QED) is 0.618. The van der Waals surface area contributed by atoms with E-state index in [9.17, 15) is 4.79 Å². The molecule has 0 saturated carbocycles. The zero-order valence-corrected chi connectivity index (χ0v) is 16.4. The lowest BCUT2D eigenvalue weighted by atomic mass is 10.0. The zero-order valence-electron chi connectivity index (χ0n) is 14.7. The van der Waals surface area contributed by atoms with Crippen molar-refractivity contribution in [3.63, 3.8) is 0 Å². The summed E-state index contributed by atoms with van der Waals surface area (Å²) in [5.41, 5.74) is 2.80. The highest BCUT2D eigenvalue weighted by Crippen LogP contribution is 2.21. The van der Waals surface area contributed by atoms with E-state index in [1.54, 1.807) is 0 Å². The van der Waals surface area contributed by atoms with Gasteiger partial charge in [0.15, 0.2) is 0 Å². The normalized spacial score (nSPS) is 11.2. The molecule has 0 aliphatic carbocycles. The van der Waals surface area contributed by atoms with Crippen molar-refractivity contribution >= 4 is 36.4 Å². The number of carbonyl (C=O) groups excluding carboxylic acids is 1. The Balaban J connectivity index is 0. The second-order valence-electron chi connectivity index (χ2n) is 5.87. The van der Waals surface area contributed by atoms with Crippen LogP contribution in [0, 0.1) is 12.8 Å². The molecule has 3 N–H and O–H groups in total. The average Bonchev–Trinajstić information content (AvgIpc) is 2.45. The summed E-state index contributed by atoms with van der Waals surface area (Å²) in [4.78, 5) is 12.2. The van der Waals surface area contributed by atoms with E-state index >= 15 is 0 Å². The molecule has 0 aromatic heterocycles. The average molecular weight is 364 g/mol. The van der Waals surface area contributed by atoms with Crippen LogP contribution < -0.4 is 16.0 Å². The minimum absolute atomic E-state index is 0. The first kappa shape index (κ1) is 24.3. The van der Waals surface area contributed by atoms with Crippen LogP contribution in [-0.4, -0.2) is 32.1 Å². The van der Waals surface area contributed by atoms with Gasteiger partial charge in [0.1, 0.15) is 0 Å². The molecule has 4 nitrogen and oxygen atoms in total. The highest BCUT2D eigenvalue weighted by atomic mass is 35.5. The lowest BCUT2D eigenvalue weighted by Crippen LogP contribution is -2.28. The molecule has 1 amide bonds. The number of carbonyl (C=O) groups is 1. The molecule has 0 aliphatic rings. The fraction of sp³-hybridized carbons (Fsp3) is 0.588.